The molecule has 1 aromatic carbocycles. The summed E-state index contributed by atoms with van der Waals surface area (Å²) in [6.45, 7) is 5.18. The SMILES string of the molecule is COc1ccc(O)c(CNCCN2CCCC2)c1. The maximum absolute atomic E-state index is 9.74. The molecule has 1 heterocycles. The topological polar surface area (TPSA) is 44.7 Å². The maximum atomic E-state index is 9.74. The van der Waals surface area contributed by atoms with E-state index in [2.05, 4.69) is 10.2 Å². The van der Waals surface area contributed by atoms with Crippen LogP contribution in [0.4, 0.5) is 0 Å². The van der Waals surface area contributed by atoms with Crippen LogP contribution in [0.25, 0.3) is 0 Å². The first kappa shape index (κ1) is 13.2. The third-order valence-electron chi connectivity index (χ3n) is 3.41. The quantitative estimate of drug-likeness (QED) is 0.753. The molecule has 1 saturated heterocycles. The predicted octanol–water partition coefficient (Wildman–Crippen LogP) is 1.59. The Hall–Kier alpha value is -1.26. The zero-order chi connectivity index (χ0) is 12.8. The van der Waals surface area contributed by atoms with Crippen molar-refractivity contribution in [2.75, 3.05) is 33.3 Å². The van der Waals surface area contributed by atoms with Gasteiger partial charge in [0.15, 0.2) is 0 Å². The van der Waals surface area contributed by atoms with E-state index in [0.717, 1.165) is 24.4 Å². The summed E-state index contributed by atoms with van der Waals surface area (Å²) in [7, 11) is 1.64. The highest BCUT2D eigenvalue weighted by molar-refractivity contribution is 5.39. The van der Waals surface area contributed by atoms with Crippen molar-refractivity contribution < 1.29 is 9.84 Å². The van der Waals surface area contributed by atoms with Gasteiger partial charge in [0.05, 0.1) is 7.11 Å². The number of likely N-dealkylation sites (tertiary alicyclic amines) is 1. The minimum absolute atomic E-state index is 0.324. The number of phenolic OH excluding ortho intramolecular Hbond substituents is 1. The first-order chi connectivity index (χ1) is 8.79. The normalized spacial score (nSPS) is 16.1. The van der Waals surface area contributed by atoms with Crippen molar-refractivity contribution >= 4 is 0 Å². The number of rotatable bonds is 6. The number of phenols is 1. The lowest BCUT2D eigenvalue weighted by atomic mass is 10.2. The van der Waals surface area contributed by atoms with E-state index in [1.807, 2.05) is 6.07 Å². The van der Waals surface area contributed by atoms with Gasteiger partial charge >= 0.3 is 0 Å². The number of methoxy groups -OCH3 is 1. The van der Waals surface area contributed by atoms with E-state index >= 15 is 0 Å². The maximum Gasteiger partial charge on any atom is 0.120 e. The summed E-state index contributed by atoms with van der Waals surface area (Å²) in [4.78, 5) is 2.47. The van der Waals surface area contributed by atoms with Gasteiger partial charge in [-0.3, -0.25) is 0 Å². The molecule has 4 nitrogen and oxygen atoms in total. The molecule has 0 amide bonds. The largest absolute Gasteiger partial charge is 0.508 e. The van der Waals surface area contributed by atoms with E-state index in [1.165, 1.54) is 25.9 Å². The van der Waals surface area contributed by atoms with Gasteiger partial charge in [0, 0.05) is 25.2 Å². The van der Waals surface area contributed by atoms with E-state index in [9.17, 15) is 5.11 Å². The average molecular weight is 250 g/mol. The van der Waals surface area contributed by atoms with Crippen LogP contribution in [0.15, 0.2) is 18.2 Å². The second-order valence-electron chi connectivity index (χ2n) is 4.72. The molecule has 0 radical (unpaired) electrons. The highest BCUT2D eigenvalue weighted by Gasteiger charge is 2.10. The second-order valence-corrected chi connectivity index (χ2v) is 4.72. The zero-order valence-corrected chi connectivity index (χ0v) is 11.0. The van der Waals surface area contributed by atoms with Gasteiger partial charge in [-0.15, -0.1) is 0 Å². The Kier molecular flexibility index (Phi) is 4.84. The number of hydrogen-bond acceptors (Lipinski definition) is 4. The van der Waals surface area contributed by atoms with E-state index in [4.69, 9.17) is 4.74 Å². The van der Waals surface area contributed by atoms with Gasteiger partial charge in [-0.2, -0.15) is 0 Å². The Labute approximate surface area is 109 Å². The fourth-order valence-electron chi connectivity index (χ4n) is 2.30. The fraction of sp³-hybridized carbons (Fsp3) is 0.571. The Bertz CT molecular complexity index is 376. The number of hydrogen-bond donors (Lipinski definition) is 2. The smallest absolute Gasteiger partial charge is 0.120 e. The molecule has 4 heteroatoms. The van der Waals surface area contributed by atoms with Crippen LogP contribution in [-0.2, 0) is 6.54 Å². The van der Waals surface area contributed by atoms with Gasteiger partial charge in [0.25, 0.3) is 0 Å². The first-order valence-corrected chi connectivity index (χ1v) is 6.58. The van der Waals surface area contributed by atoms with E-state index < -0.39 is 0 Å². The summed E-state index contributed by atoms with van der Waals surface area (Å²) in [5.41, 5.74) is 0.885. The molecule has 2 rings (SSSR count). The van der Waals surface area contributed by atoms with E-state index in [1.54, 1.807) is 19.2 Å². The van der Waals surface area contributed by atoms with Crippen LogP contribution < -0.4 is 10.1 Å². The van der Waals surface area contributed by atoms with Gasteiger partial charge in [-0.05, 0) is 44.1 Å². The molecule has 1 fully saturated rings. The highest BCUT2D eigenvalue weighted by atomic mass is 16.5. The summed E-state index contributed by atoms with van der Waals surface area (Å²) in [6, 6.07) is 5.32. The second kappa shape index (κ2) is 6.61. The van der Waals surface area contributed by atoms with Crippen molar-refractivity contribution in [1.82, 2.24) is 10.2 Å². The minimum atomic E-state index is 0.324. The molecule has 1 aliphatic rings. The highest BCUT2D eigenvalue weighted by Crippen LogP contribution is 2.22. The molecular formula is C14H22N2O2. The zero-order valence-electron chi connectivity index (χ0n) is 11.0. The monoisotopic (exact) mass is 250 g/mol. The van der Waals surface area contributed by atoms with Crippen LogP contribution in [0.1, 0.15) is 18.4 Å². The molecule has 18 heavy (non-hydrogen) atoms. The van der Waals surface area contributed by atoms with Gasteiger partial charge in [-0.25, -0.2) is 0 Å². The fourth-order valence-corrected chi connectivity index (χ4v) is 2.30. The summed E-state index contributed by atoms with van der Waals surface area (Å²) < 4.78 is 5.15. The standard InChI is InChI=1S/C14H22N2O2/c1-18-13-4-5-14(17)12(10-13)11-15-6-9-16-7-2-3-8-16/h4-5,10,15,17H,2-3,6-9,11H2,1H3. The van der Waals surface area contributed by atoms with Crippen molar-refractivity contribution in [2.24, 2.45) is 0 Å². The van der Waals surface area contributed by atoms with Crippen LogP contribution in [0, 0.1) is 0 Å². The number of aromatic hydroxyl groups is 1. The predicted molar refractivity (Wildman–Crippen MR) is 72.0 cm³/mol. The average Bonchev–Trinajstić information content (AvgIpc) is 2.89. The van der Waals surface area contributed by atoms with Crippen LogP contribution in [0.5, 0.6) is 11.5 Å². The number of nitrogens with one attached hydrogen (secondary N) is 1. The molecule has 0 unspecified atom stereocenters. The Balaban J connectivity index is 1.75. The van der Waals surface area contributed by atoms with Gasteiger partial charge < -0.3 is 20.1 Å². The molecule has 1 aromatic rings. The molecule has 1 aliphatic heterocycles. The van der Waals surface area contributed by atoms with Gasteiger partial charge in [-0.1, -0.05) is 0 Å². The first-order valence-electron chi connectivity index (χ1n) is 6.58. The lowest BCUT2D eigenvalue weighted by Crippen LogP contribution is -2.29. The summed E-state index contributed by atoms with van der Waals surface area (Å²) in [5.74, 6) is 1.11. The summed E-state index contributed by atoms with van der Waals surface area (Å²) >= 11 is 0. The summed E-state index contributed by atoms with van der Waals surface area (Å²) in [5, 5.41) is 13.1. The van der Waals surface area contributed by atoms with E-state index in [0.29, 0.717) is 12.3 Å². The molecule has 0 aromatic heterocycles. The third-order valence-corrected chi connectivity index (χ3v) is 3.41. The van der Waals surface area contributed by atoms with Crippen molar-refractivity contribution in [1.29, 1.82) is 0 Å². The van der Waals surface area contributed by atoms with Crippen LogP contribution in [0.3, 0.4) is 0 Å². The minimum Gasteiger partial charge on any atom is -0.508 e. The van der Waals surface area contributed by atoms with Gasteiger partial charge in [0.1, 0.15) is 11.5 Å². The third kappa shape index (κ3) is 3.62. The van der Waals surface area contributed by atoms with Crippen molar-refractivity contribution in [3.63, 3.8) is 0 Å². The number of nitrogens with zero attached hydrogens (tertiary/aromatic N) is 1. The number of benzene rings is 1. The van der Waals surface area contributed by atoms with Crippen LogP contribution in [-0.4, -0.2) is 43.3 Å². The lowest BCUT2D eigenvalue weighted by Gasteiger charge is -2.15. The lowest BCUT2D eigenvalue weighted by molar-refractivity contribution is 0.335. The molecule has 0 atom stereocenters. The molecule has 0 aliphatic carbocycles. The Morgan fingerprint density at radius 3 is 2.83 bits per heavy atom. The molecular weight excluding hydrogens is 228 g/mol. The Morgan fingerprint density at radius 1 is 1.33 bits per heavy atom. The van der Waals surface area contributed by atoms with Crippen LogP contribution in [0.2, 0.25) is 0 Å². The number of ether oxygens (including phenoxy) is 1. The van der Waals surface area contributed by atoms with E-state index in [-0.39, 0.29) is 0 Å². The van der Waals surface area contributed by atoms with Crippen molar-refractivity contribution in [2.45, 2.75) is 19.4 Å². The Morgan fingerprint density at radius 2 is 2.11 bits per heavy atom. The molecule has 100 valence electrons. The van der Waals surface area contributed by atoms with Crippen molar-refractivity contribution in [3.05, 3.63) is 23.8 Å². The molecule has 2 N–H and O–H groups in total. The van der Waals surface area contributed by atoms with Crippen molar-refractivity contribution in [3.8, 4) is 11.5 Å². The van der Waals surface area contributed by atoms with Gasteiger partial charge in [0.2, 0.25) is 0 Å². The molecule has 0 bridgehead atoms. The molecule has 0 saturated carbocycles. The summed E-state index contributed by atoms with van der Waals surface area (Å²) in [6.07, 6.45) is 2.66. The van der Waals surface area contributed by atoms with Crippen LogP contribution >= 0.6 is 0 Å². The molecule has 0 spiro atoms.